The van der Waals surface area contributed by atoms with Gasteiger partial charge in [0.1, 0.15) is 6.54 Å². The summed E-state index contributed by atoms with van der Waals surface area (Å²) in [6.07, 6.45) is 0.957. The highest BCUT2D eigenvalue weighted by Gasteiger charge is 2.31. The predicted octanol–water partition coefficient (Wildman–Crippen LogP) is -0.266. The molecule has 0 aromatic heterocycles. The van der Waals surface area contributed by atoms with E-state index in [9.17, 15) is 18.0 Å². The van der Waals surface area contributed by atoms with Crippen molar-refractivity contribution >= 4 is 21.9 Å². The van der Waals surface area contributed by atoms with Crippen LogP contribution in [-0.2, 0) is 19.6 Å². The fraction of sp³-hybridized carbons (Fsp3) is 0.818. The van der Waals surface area contributed by atoms with Gasteiger partial charge in [0.2, 0.25) is 15.9 Å². The van der Waals surface area contributed by atoms with E-state index < -0.39 is 16.0 Å². The van der Waals surface area contributed by atoms with Gasteiger partial charge in [-0.25, -0.2) is 12.7 Å². The Morgan fingerprint density at radius 2 is 1.84 bits per heavy atom. The summed E-state index contributed by atoms with van der Waals surface area (Å²) in [5.41, 5.74) is 0. The molecule has 0 bridgehead atoms. The van der Waals surface area contributed by atoms with E-state index in [1.807, 2.05) is 0 Å². The summed E-state index contributed by atoms with van der Waals surface area (Å²) in [5.74, 6) is -1.29. The molecule has 8 heteroatoms. The number of sulfonamides is 1. The van der Waals surface area contributed by atoms with Crippen LogP contribution in [0.5, 0.6) is 0 Å². The van der Waals surface area contributed by atoms with E-state index in [2.05, 4.69) is 0 Å². The molecule has 19 heavy (non-hydrogen) atoms. The minimum absolute atomic E-state index is 0.0587. The molecule has 7 nitrogen and oxygen atoms in total. The normalized spacial score (nSPS) is 18.2. The molecule has 0 spiro atoms. The fourth-order valence-electron chi connectivity index (χ4n) is 2.26. The maximum absolute atomic E-state index is 11.7. The van der Waals surface area contributed by atoms with Crippen LogP contribution in [0.1, 0.15) is 26.7 Å². The Morgan fingerprint density at radius 1 is 1.32 bits per heavy atom. The molecule has 1 aliphatic heterocycles. The third-order valence-corrected chi connectivity index (χ3v) is 5.21. The van der Waals surface area contributed by atoms with Crippen molar-refractivity contribution in [1.82, 2.24) is 9.21 Å². The lowest BCUT2D eigenvalue weighted by Crippen LogP contribution is -2.49. The van der Waals surface area contributed by atoms with Crippen LogP contribution in [0.2, 0.25) is 0 Å². The second-order valence-electron chi connectivity index (χ2n) is 4.57. The van der Waals surface area contributed by atoms with E-state index in [1.165, 1.54) is 16.1 Å². The lowest BCUT2D eigenvalue weighted by atomic mass is 10.0. The molecule has 0 radical (unpaired) electrons. The molecule has 1 heterocycles. The number of piperidine rings is 1. The number of nitrogens with zero attached hydrogens (tertiary/aromatic N) is 2. The summed E-state index contributed by atoms with van der Waals surface area (Å²) in [6, 6.07) is -0.197. The van der Waals surface area contributed by atoms with Crippen molar-refractivity contribution in [2.24, 2.45) is 0 Å². The molecule has 0 aromatic carbocycles. The SMILES string of the molecule is CCS(=O)(=O)N1CCC(N(CC(=O)O)C(C)=O)CC1. The number of hydrogen-bond donors (Lipinski definition) is 1. The standard InChI is InChI=1S/C11H20N2O5S/c1-3-19(17,18)12-6-4-10(5-7-12)13(9(2)14)8-11(15)16/h10H,3-8H2,1-2H3,(H,15,16). The fourth-order valence-corrected chi connectivity index (χ4v) is 3.39. The van der Waals surface area contributed by atoms with E-state index >= 15 is 0 Å². The van der Waals surface area contributed by atoms with Gasteiger partial charge in [-0.2, -0.15) is 0 Å². The van der Waals surface area contributed by atoms with Crippen LogP contribution in [-0.4, -0.2) is 66.0 Å². The maximum Gasteiger partial charge on any atom is 0.323 e. The molecule has 0 aliphatic carbocycles. The van der Waals surface area contributed by atoms with Crippen LogP contribution in [0, 0.1) is 0 Å². The summed E-state index contributed by atoms with van der Waals surface area (Å²) in [4.78, 5) is 23.5. The molecule has 0 unspecified atom stereocenters. The summed E-state index contributed by atoms with van der Waals surface area (Å²) in [5, 5.41) is 8.78. The highest BCUT2D eigenvalue weighted by molar-refractivity contribution is 7.89. The lowest BCUT2D eigenvalue weighted by Gasteiger charge is -2.36. The molecule has 0 atom stereocenters. The van der Waals surface area contributed by atoms with Crippen molar-refractivity contribution in [1.29, 1.82) is 0 Å². The number of hydrogen-bond acceptors (Lipinski definition) is 4. The van der Waals surface area contributed by atoms with Crippen molar-refractivity contribution in [3.63, 3.8) is 0 Å². The molecule has 1 rings (SSSR count). The van der Waals surface area contributed by atoms with E-state index in [0.717, 1.165) is 0 Å². The van der Waals surface area contributed by atoms with Gasteiger partial charge in [-0.05, 0) is 19.8 Å². The van der Waals surface area contributed by atoms with Crippen molar-refractivity contribution in [2.75, 3.05) is 25.4 Å². The molecule has 0 saturated carbocycles. The Hall–Kier alpha value is -1.15. The molecule has 1 aliphatic rings. The summed E-state index contributed by atoms with van der Waals surface area (Å²) >= 11 is 0. The first-order chi connectivity index (χ1) is 8.77. The van der Waals surface area contributed by atoms with Crippen molar-refractivity contribution in [3.05, 3.63) is 0 Å². The van der Waals surface area contributed by atoms with Crippen molar-refractivity contribution in [3.8, 4) is 0 Å². The number of aliphatic carboxylic acids is 1. The average Bonchev–Trinajstić information content (AvgIpc) is 2.35. The van der Waals surface area contributed by atoms with E-state index in [1.54, 1.807) is 6.92 Å². The van der Waals surface area contributed by atoms with Crippen LogP contribution >= 0.6 is 0 Å². The third-order valence-electron chi connectivity index (χ3n) is 3.33. The van der Waals surface area contributed by atoms with Crippen LogP contribution < -0.4 is 0 Å². The third kappa shape index (κ3) is 4.17. The zero-order valence-electron chi connectivity index (χ0n) is 11.2. The number of carboxylic acids is 1. The molecule has 1 saturated heterocycles. The van der Waals surface area contributed by atoms with Gasteiger partial charge >= 0.3 is 5.97 Å². The Morgan fingerprint density at radius 3 is 2.21 bits per heavy atom. The van der Waals surface area contributed by atoms with Gasteiger partial charge in [-0.1, -0.05) is 0 Å². The zero-order chi connectivity index (χ0) is 14.6. The van der Waals surface area contributed by atoms with Gasteiger partial charge in [-0.3, -0.25) is 9.59 Å². The van der Waals surface area contributed by atoms with Gasteiger partial charge in [0.05, 0.1) is 5.75 Å². The monoisotopic (exact) mass is 292 g/mol. The van der Waals surface area contributed by atoms with E-state index in [-0.39, 0.29) is 24.2 Å². The number of amides is 1. The molecular formula is C11H20N2O5S. The van der Waals surface area contributed by atoms with Crippen LogP contribution in [0.3, 0.4) is 0 Å². The topological polar surface area (TPSA) is 95.0 Å². The summed E-state index contributed by atoms with van der Waals surface area (Å²) in [7, 11) is -3.20. The molecule has 1 fully saturated rings. The molecule has 0 aromatic rings. The van der Waals surface area contributed by atoms with Gasteiger partial charge in [0.15, 0.2) is 0 Å². The number of rotatable bonds is 5. The minimum atomic E-state index is -3.20. The van der Waals surface area contributed by atoms with E-state index in [4.69, 9.17) is 5.11 Å². The molecule has 1 amide bonds. The Bertz CT molecular complexity index is 440. The van der Waals surface area contributed by atoms with Gasteiger partial charge in [0.25, 0.3) is 0 Å². The predicted molar refractivity (Wildman–Crippen MR) is 69.1 cm³/mol. The minimum Gasteiger partial charge on any atom is -0.480 e. The first kappa shape index (κ1) is 15.9. The van der Waals surface area contributed by atoms with Crippen molar-refractivity contribution < 1.29 is 23.1 Å². The van der Waals surface area contributed by atoms with Gasteiger partial charge in [-0.15, -0.1) is 0 Å². The Kier molecular flexibility index (Phi) is 5.30. The summed E-state index contributed by atoms with van der Waals surface area (Å²) in [6.45, 7) is 3.26. The highest BCUT2D eigenvalue weighted by atomic mass is 32.2. The molecule has 1 N–H and O–H groups in total. The first-order valence-corrected chi connectivity index (χ1v) is 7.85. The zero-order valence-corrected chi connectivity index (χ0v) is 12.0. The quantitative estimate of drug-likeness (QED) is 0.753. The number of carboxylic acid groups (broad SMARTS) is 1. The molecule has 110 valence electrons. The van der Waals surface area contributed by atoms with Gasteiger partial charge < -0.3 is 10.0 Å². The smallest absolute Gasteiger partial charge is 0.323 e. The average molecular weight is 292 g/mol. The van der Waals surface area contributed by atoms with Crippen LogP contribution in [0.4, 0.5) is 0 Å². The number of carbonyl (C=O) groups is 2. The van der Waals surface area contributed by atoms with Crippen molar-refractivity contribution in [2.45, 2.75) is 32.7 Å². The highest BCUT2D eigenvalue weighted by Crippen LogP contribution is 2.19. The largest absolute Gasteiger partial charge is 0.480 e. The van der Waals surface area contributed by atoms with Gasteiger partial charge in [0, 0.05) is 26.1 Å². The maximum atomic E-state index is 11.7. The Balaban J connectivity index is 2.66. The van der Waals surface area contributed by atoms with Crippen LogP contribution in [0.15, 0.2) is 0 Å². The second-order valence-corrected chi connectivity index (χ2v) is 6.83. The Labute approximate surface area is 113 Å². The number of carbonyl (C=O) groups excluding carboxylic acids is 1. The van der Waals surface area contributed by atoms with Crippen LogP contribution in [0.25, 0.3) is 0 Å². The molecular weight excluding hydrogens is 272 g/mol. The first-order valence-electron chi connectivity index (χ1n) is 6.24. The second kappa shape index (κ2) is 6.33. The lowest BCUT2D eigenvalue weighted by molar-refractivity contribution is -0.145. The van der Waals surface area contributed by atoms with E-state index in [0.29, 0.717) is 25.9 Å². The summed E-state index contributed by atoms with van der Waals surface area (Å²) < 4.78 is 24.8.